The Morgan fingerprint density at radius 1 is 0.827 bits per heavy atom. The summed E-state index contributed by atoms with van der Waals surface area (Å²) in [5, 5.41) is 2.68. The van der Waals surface area contributed by atoms with Crippen LogP contribution in [0.2, 0.25) is 0 Å². The van der Waals surface area contributed by atoms with Gasteiger partial charge in [-0.25, -0.2) is 14.8 Å². The zero-order valence-electron chi connectivity index (χ0n) is 29.5. The van der Waals surface area contributed by atoms with E-state index in [0.29, 0.717) is 31.2 Å². The average molecular weight is 720 g/mol. The van der Waals surface area contributed by atoms with Gasteiger partial charge in [-0.3, -0.25) is 9.59 Å². The number of alkyl halides is 3. The highest BCUT2D eigenvalue weighted by Crippen LogP contribution is 2.35. The number of carbonyl (C=O) groups excluding carboxylic acids is 3. The molecule has 2 aromatic carbocycles. The lowest BCUT2D eigenvalue weighted by molar-refractivity contribution is -0.140. The van der Waals surface area contributed by atoms with E-state index in [0.717, 1.165) is 52.9 Å². The highest BCUT2D eigenvalue weighted by atomic mass is 19.4. The summed E-state index contributed by atoms with van der Waals surface area (Å²) in [6, 6.07) is 15.0. The number of likely N-dealkylation sites (tertiary alicyclic amines) is 2. The van der Waals surface area contributed by atoms with Gasteiger partial charge in [0.1, 0.15) is 17.7 Å². The third-order valence-corrected chi connectivity index (χ3v) is 9.90. The predicted molar refractivity (Wildman–Crippen MR) is 188 cm³/mol. The third kappa shape index (κ3) is 8.32. The third-order valence-electron chi connectivity index (χ3n) is 9.90. The Labute approximate surface area is 300 Å². The van der Waals surface area contributed by atoms with Crippen molar-refractivity contribution in [3.63, 3.8) is 0 Å². The molecule has 3 unspecified atom stereocenters. The first kappa shape index (κ1) is 36.6. The van der Waals surface area contributed by atoms with Crippen LogP contribution in [0.3, 0.4) is 0 Å². The van der Waals surface area contributed by atoms with E-state index in [1.54, 1.807) is 22.2 Å². The van der Waals surface area contributed by atoms with E-state index in [2.05, 4.69) is 25.3 Å². The topological polar surface area (TPSA) is 136 Å². The second-order valence-corrected chi connectivity index (χ2v) is 13.8. The molecule has 2 aliphatic rings. The molecule has 4 aromatic rings. The van der Waals surface area contributed by atoms with E-state index in [4.69, 9.17) is 4.74 Å². The Morgan fingerprint density at radius 3 is 1.79 bits per heavy atom. The van der Waals surface area contributed by atoms with E-state index in [1.165, 1.54) is 7.11 Å². The molecule has 3 atom stereocenters. The summed E-state index contributed by atoms with van der Waals surface area (Å²) >= 11 is 0. The summed E-state index contributed by atoms with van der Waals surface area (Å²) in [6.45, 7) is 4.86. The van der Waals surface area contributed by atoms with Gasteiger partial charge >= 0.3 is 12.3 Å². The van der Waals surface area contributed by atoms with Crippen LogP contribution in [-0.4, -0.2) is 80.1 Å². The van der Waals surface area contributed by atoms with E-state index in [1.807, 2.05) is 62.4 Å². The molecule has 2 aliphatic heterocycles. The number of ether oxygens (including phenoxy) is 1. The molecule has 6 rings (SSSR count). The van der Waals surface area contributed by atoms with Gasteiger partial charge in [0, 0.05) is 25.9 Å². The van der Waals surface area contributed by atoms with Crippen LogP contribution in [0.4, 0.5) is 18.0 Å². The van der Waals surface area contributed by atoms with Gasteiger partial charge in [0.15, 0.2) is 0 Å². The Bertz CT molecular complexity index is 1850. The zero-order valence-corrected chi connectivity index (χ0v) is 29.5. The Balaban J connectivity index is 1.08. The molecule has 4 heterocycles. The number of aromatic nitrogens is 4. The smallest absolute Gasteiger partial charge is 0.407 e. The fourth-order valence-electron chi connectivity index (χ4n) is 7.12. The lowest BCUT2D eigenvalue weighted by atomic mass is 10.0. The van der Waals surface area contributed by atoms with Gasteiger partial charge in [0.25, 0.3) is 0 Å². The normalized spacial score (nSPS) is 18.2. The van der Waals surface area contributed by atoms with Gasteiger partial charge < -0.3 is 29.8 Å². The van der Waals surface area contributed by atoms with Crippen molar-refractivity contribution in [3.05, 3.63) is 72.6 Å². The van der Waals surface area contributed by atoms with Crippen molar-refractivity contribution in [2.45, 2.75) is 83.1 Å². The number of halogens is 3. The predicted octanol–water partition coefficient (Wildman–Crippen LogP) is 7.57. The lowest BCUT2D eigenvalue weighted by Crippen LogP contribution is -2.51. The molecule has 11 nitrogen and oxygen atoms in total. The van der Waals surface area contributed by atoms with E-state index in [9.17, 15) is 27.6 Å². The van der Waals surface area contributed by atoms with Crippen LogP contribution in [-0.2, 0) is 14.3 Å². The van der Waals surface area contributed by atoms with Crippen LogP contribution in [0.25, 0.3) is 33.6 Å². The molecule has 2 saturated heterocycles. The molecule has 3 N–H and O–H groups in total. The van der Waals surface area contributed by atoms with Crippen molar-refractivity contribution < 1.29 is 32.3 Å². The number of methoxy groups -OCH3 is 1. The highest BCUT2D eigenvalue weighted by Gasteiger charge is 2.38. The monoisotopic (exact) mass is 719 g/mol. The van der Waals surface area contributed by atoms with Crippen molar-refractivity contribution in [1.29, 1.82) is 0 Å². The number of H-pyrrole nitrogens is 2. The maximum absolute atomic E-state index is 13.5. The van der Waals surface area contributed by atoms with Gasteiger partial charge in [0.2, 0.25) is 11.8 Å². The number of amides is 3. The summed E-state index contributed by atoms with van der Waals surface area (Å²) in [5.41, 5.74) is 5.55. The summed E-state index contributed by atoms with van der Waals surface area (Å²) in [4.78, 5) is 57.5. The molecule has 52 heavy (non-hydrogen) atoms. The second-order valence-electron chi connectivity index (χ2n) is 13.8. The van der Waals surface area contributed by atoms with Crippen molar-refractivity contribution in [1.82, 2.24) is 35.1 Å². The fraction of sp³-hybridized carbons (Fsp3) is 0.447. The van der Waals surface area contributed by atoms with Crippen molar-refractivity contribution in [2.24, 2.45) is 5.92 Å². The number of benzene rings is 2. The van der Waals surface area contributed by atoms with Crippen molar-refractivity contribution >= 4 is 17.9 Å². The molecule has 0 radical (unpaired) electrons. The summed E-state index contributed by atoms with van der Waals surface area (Å²) in [5.74, 6) is 0.803. The summed E-state index contributed by atoms with van der Waals surface area (Å²) < 4.78 is 42.4. The standard InChI is InChI=1S/C38H44F3N7O4/c1-23(2)33(46-37(51)52-3)36(50)48-20-6-8-31(48)35-43-22-29(45-35)27-16-12-25(13-17-27)24-10-14-26(15-11-24)28-21-42-34(44-28)30-7-5-19-47(30)32(49)9-4-18-38(39,40)41/h10-17,21-23,30-31,33H,4-9,18-20H2,1-3H3,(H,42,44)(H,43,45)(H,46,51). The molecule has 2 aromatic heterocycles. The first-order chi connectivity index (χ1) is 24.9. The van der Waals surface area contributed by atoms with E-state index >= 15 is 0 Å². The number of nitrogens with zero attached hydrogens (tertiary/aromatic N) is 4. The first-order valence-corrected chi connectivity index (χ1v) is 17.7. The number of carbonyl (C=O) groups is 3. The van der Waals surface area contributed by atoms with E-state index in [-0.39, 0.29) is 42.7 Å². The quantitative estimate of drug-likeness (QED) is 0.146. The average Bonchev–Trinajstić information content (AvgIpc) is 3.96. The number of hydrogen-bond acceptors (Lipinski definition) is 6. The van der Waals surface area contributed by atoms with Crippen molar-refractivity contribution in [3.8, 4) is 33.6 Å². The van der Waals surface area contributed by atoms with Gasteiger partial charge in [-0.05, 0) is 60.3 Å². The lowest BCUT2D eigenvalue weighted by Gasteiger charge is -2.30. The molecule has 0 saturated carbocycles. The number of imidazole rings is 2. The molecule has 0 spiro atoms. The zero-order chi connectivity index (χ0) is 37.0. The van der Waals surface area contributed by atoms with Crippen LogP contribution in [0.1, 0.15) is 82.5 Å². The minimum atomic E-state index is -4.26. The van der Waals surface area contributed by atoms with Crippen molar-refractivity contribution in [2.75, 3.05) is 20.2 Å². The number of hydrogen-bond donors (Lipinski definition) is 3. The minimum Gasteiger partial charge on any atom is -0.453 e. The molecule has 0 aliphatic carbocycles. The molecule has 276 valence electrons. The molecule has 0 bridgehead atoms. The first-order valence-electron chi connectivity index (χ1n) is 17.7. The summed E-state index contributed by atoms with van der Waals surface area (Å²) in [7, 11) is 1.28. The molecular weight excluding hydrogens is 675 g/mol. The maximum Gasteiger partial charge on any atom is 0.407 e. The fourth-order valence-corrected chi connectivity index (χ4v) is 7.12. The van der Waals surface area contributed by atoms with Crippen LogP contribution < -0.4 is 5.32 Å². The Morgan fingerprint density at radius 2 is 1.31 bits per heavy atom. The largest absolute Gasteiger partial charge is 0.453 e. The maximum atomic E-state index is 13.5. The second kappa shape index (κ2) is 15.6. The van der Waals surface area contributed by atoms with E-state index < -0.39 is 24.7 Å². The molecule has 14 heteroatoms. The Hall–Kier alpha value is -5.14. The van der Waals surface area contributed by atoms with Gasteiger partial charge in [-0.2, -0.15) is 13.2 Å². The van der Waals surface area contributed by atoms with Crippen LogP contribution in [0.5, 0.6) is 0 Å². The van der Waals surface area contributed by atoms with Crippen LogP contribution >= 0.6 is 0 Å². The van der Waals surface area contributed by atoms with Crippen LogP contribution in [0.15, 0.2) is 60.9 Å². The van der Waals surface area contributed by atoms with Gasteiger partial charge in [0.05, 0.1) is 43.0 Å². The molecular formula is C38H44F3N7O4. The SMILES string of the molecule is COC(=O)NC(C(=O)N1CCCC1c1ncc(-c2ccc(-c3ccc(-c4cnc(C5CCCN5C(=O)CCCC(F)(F)F)[nH]4)cc3)cc2)[nH]1)C(C)C. The number of aromatic amines is 2. The number of alkyl carbamates (subject to hydrolysis) is 1. The summed E-state index contributed by atoms with van der Waals surface area (Å²) in [6.07, 6.45) is 0.386. The number of rotatable bonds is 11. The molecule has 2 fully saturated rings. The number of nitrogens with one attached hydrogen (secondary N) is 3. The van der Waals surface area contributed by atoms with Gasteiger partial charge in [-0.15, -0.1) is 0 Å². The minimum absolute atomic E-state index is 0.115. The highest BCUT2D eigenvalue weighted by molar-refractivity contribution is 5.86. The van der Waals surface area contributed by atoms with Crippen LogP contribution in [0, 0.1) is 5.92 Å². The molecule has 3 amide bonds. The van der Waals surface area contributed by atoms with Gasteiger partial charge in [-0.1, -0.05) is 62.4 Å². The Kier molecular flexibility index (Phi) is 11.0.